The molecule has 1 aromatic heterocycles. The van der Waals surface area contributed by atoms with Crippen molar-refractivity contribution in [1.82, 2.24) is 9.97 Å². The third kappa shape index (κ3) is 3.00. The normalized spacial score (nSPS) is 10.4. The molecule has 0 unspecified atom stereocenters. The number of aryl methyl sites for hydroxylation is 1. The molecule has 2 N–H and O–H groups in total. The number of nitrogens with two attached hydrogens (primary N) is 1. The molecule has 0 aliphatic rings. The van der Waals surface area contributed by atoms with Crippen molar-refractivity contribution in [2.45, 2.75) is 23.8 Å². The minimum atomic E-state index is -0.424. The van der Waals surface area contributed by atoms with Crippen LogP contribution in [-0.4, -0.2) is 14.9 Å². The van der Waals surface area contributed by atoms with Gasteiger partial charge in [-0.25, -0.2) is 9.97 Å². The van der Waals surface area contributed by atoms with Crippen molar-refractivity contribution in [1.29, 1.82) is 0 Å². The number of rotatable bonds is 3. The number of benzene rings is 1. The highest BCUT2D eigenvalue weighted by Crippen LogP contribution is 2.31. The fourth-order valence-electron chi connectivity index (χ4n) is 1.47. The van der Waals surface area contributed by atoms with E-state index in [0.29, 0.717) is 11.6 Å². The summed E-state index contributed by atoms with van der Waals surface area (Å²) in [7, 11) is 0. The highest BCUT2D eigenvalue weighted by atomic mass is 32.2. The molecule has 0 bridgehead atoms. The Morgan fingerprint density at radius 1 is 1.21 bits per heavy atom. The van der Waals surface area contributed by atoms with Crippen molar-refractivity contribution in [2.24, 2.45) is 0 Å². The Kier molecular flexibility index (Phi) is 3.66. The van der Waals surface area contributed by atoms with Crippen LogP contribution in [0, 0.1) is 24.0 Å². The summed E-state index contributed by atoms with van der Waals surface area (Å²) in [5.41, 5.74) is 6.67. The molecular weight excluding hydrogens is 264 g/mol. The molecule has 7 heteroatoms. The van der Waals surface area contributed by atoms with Gasteiger partial charge < -0.3 is 5.73 Å². The molecule has 0 aliphatic carbocycles. The molecule has 0 saturated carbocycles. The maximum Gasteiger partial charge on any atom is 0.269 e. The quantitative estimate of drug-likeness (QED) is 0.526. The van der Waals surface area contributed by atoms with Crippen LogP contribution in [0.25, 0.3) is 0 Å². The van der Waals surface area contributed by atoms with E-state index in [1.807, 2.05) is 6.92 Å². The van der Waals surface area contributed by atoms with E-state index in [2.05, 4.69) is 9.97 Å². The van der Waals surface area contributed by atoms with E-state index in [-0.39, 0.29) is 5.69 Å². The standard InChI is InChI=1S/C12H12N4O2S/c1-7-11(13)14-8(2)15-12(7)19-10-5-3-9(4-6-10)16(17)18/h3-6H,1-2H3,(H2,13,14,15). The zero-order valence-corrected chi connectivity index (χ0v) is 11.3. The van der Waals surface area contributed by atoms with Gasteiger partial charge in [0.25, 0.3) is 5.69 Å². The smallest absolute Gasteiger partial charge is 0.269 e. The summed E-state index contributed by atoms with van der Waals surface area (Å²) in [5, 5.41) is 11.3. The van der Waals surface area contributed by atoms with Gasteiger partial charge in [-0.2, -0.15) is 0 Å². The van der Waals surface area contributed by atoms with Gasteiger partial charge in [0.2, 0.25) is 0 Å². The van der Waals surface area contributed by atoms with Crippen molar-refractivity contribution in [3.05, 3.63) is 45.8 Å². The summed E-state index contributed by atoms with van der Waals surface area (Å²) >= 11 is 1.41. The molecule has 1 aromatic carbocycles. The number of hydrogen-bond donors (Lipinski definition) is 1. The van der Waals surface area contributed by atoms with Crippen molar-refractivity contribution >= 4 is 23.3 Å². The highest BCUT2D eigenvalue weighted by Gasteiger charge is 2.10. The first kappa shape index (κ1) is 13.3. The van der Waals surface area contributed by atoms with Crippen LogP contribution in [0.4, 0.5) is 11.5 Å². The molecule has 0 amide bonds. The lowest BCUT2D eigenvalue weighted by Crippen LogP contribution is -2.01. The molecule has 98 valence electrons. The number of nitro groups is 1. The molecule has 0 fully saturated rings. The van der Waals surface area contributed by atoms with Gasteiger partial charge in [-0.3, -0.25) is 10.1 Å². The van der Waals surface area contributed by atoms with Gasteiger partial charge in [-0.15, -0.1) is 0 Å². The minimum absolute atomic E-state index is 0.0689. The van der Waals surface area contributed by atoms with Crippen LogP contribution in [0.3, 0.4) is 0 Å². The van der Waals surface area contributed by atoms with E-state index in [1.54, 1.807) is 19.1 Å². The summed E-state index contributed by atoms with van der Waals surface area (Å²) in [6.07, 6.45) is 0. The Morgan fingerprint density at radius 3 is 2.42 bits per heavy atom. The van der Waals surface area contributed by atoms with Gasteiger partial charge in [0.05, 0.1) is 4.92 Å². The van der Waals surface area contributed by atoms with Gasteiger partial charge in [0.15, 0.2) is 0 Å². The summed E-state index contributed by atoms with van der Waals surface area (Å²) < 4.78 is 0. The second-order valence-electron chi connectivity index (χ2n) is 3.94. The monoisotopic (exact) mass is 276 g/mol. The maximum absolute atomic E-state index is 10.6. The van der Waals surface area contributed by atoms with E-state index >= 15 is 0 Å². The van der Waals surface area contributed by atoms with Crippen LogP contribution in [0.2, 0.25) is 0 Å². The number of nitrogens with zero attached hydrogens (tertiary/aromatic N) is 3. The first-order chi connectivity index (χ1) is 8.97. The molecule has 2 rings (SSSR count). The molecule has 0 saturated heterocycles. The van der Waals surface area contributed by atoms with Crippen molar-refractivity contribution in [2.75, 3.05) is 5.73 Å². The highest BCUT2D eigenvalue weighted by molar-refractivity contribution is 7.99. The summed E-state index contributed by atoms with van der Waals surface area (Å²) in [4.78, 5) is 19.4. The van der Waals surface area contributed by atoms with Gasteiger partial charge in [0, 0.05) is 22.6 Å². The first-order valence-corrected chi connectivity index (χ1v) is 6.32. The van der Waals surface area contributed by atoms with E-state index in [0.717, 1.165) is 15.5 Å². The number of aromatic nitrogens is 2. The lowest BCUT2D eigenvalue weighted by molar-refractivity contribution is -0.384. The predicted molar refractivity (Wildman–Crippen MR) is 73.1 cm³/mol. The predicted octanol–water partition coefficient (Wildman–Crippen LogP) is 2.74. The number of nitrogen functional groups attached to an aromatic ring is 1. The molecule has 6 nitrogen and oxygen atoms in total. The second kappa shape index (κ2) is 5.23. The third-order valence-corrected chi connectivity index (χ3v) is 3.61. The van der Waals surface area contributed by atoms with Gasteiger partial charge >= 0.3 is 0 Å². The zero-order valence-electron chi connectivity index (χ0n) is 10.5. The molecular formula is C12H12N4O2S. The molecule has 19 heavy (non-hydrogen) atoms. The van der Waals surface area contributed by atoms with Crippen molar-refractivity contribution in [3.8, 4) is 0 Å². The molecule has 2 aromatic rings. The van der Waals surface area contributed by atoms with E-state index in [9.17, 15) is 10.1 Å². The Morgan fingerprint density at radius 2 is 1.84 bits per heavy atom. The molecule has 0 atom stereocenters. The third-order valence-electron chi connectivity index (χ3n) is 2.51. The average Bonchev–Trinajstić information content (AvgIpc) is 2.36. The summed E-state index contributed by atoms with van der Waals surface area (Å²) in [5.74, 6) is 1.06. The van der Waals surface area contributed by atoms with Crippen LogP contribution >= 0.6 is 11.8 Å². The molecule has 0 radical (unpaired) electrons. The Bertz CT molecular complexity index is 628. The number of hydrogen-bond acceptors (Lipinski definition) is 6. The average molecular weight is 276 g/mol. The van der Waals surface area contributed by atoms with Crippen molar-refractivity contribution < 1.29 is 4.92 Å². The van der Waals surface area contributed by atoms with Crippen LogP contribution in [0.1, 0.15) is 11.4 Å². The van der Waals surface area contributed by atoms with Crippen LogP contribution in [-0.2, 0) is 0 Å². The number of anilines is 1. The Balaban J connectivity index is 2.28. The zero-order chi connectivity index (χ0) is 14.0. The van der Waals surface area contributed by atoms with E-state index in [4.69, 9.17) is 5.73 Å². The molecule has 0 spiro atoms. The summed E-state index contributed by atoms with van der Waals surface area (Å²) in [6.45, 7) is 3.62. The number of nitro benzene ring substituents is 1. The van der Waals surface area contributed by atoms with Crippen LogP contribution in [0.15, 0.2) is 34.2 Å². The van der Waals surface area contributed by atoms with E-state index in [1.165, 1.54) is 23.9 Å². The Hall–Kier alpha value is -2.15. The summed E-state index contributed by atoms with van der Waals surface area (Å²) in [6, 6.07) is 6.32. The lowest BCUT2D eigenvalue weighted by atomic mass is 10.3. The lowest BCUT2D eigenvalue weighted by Gasteiger charge is -2.07. The van der Waals surface area contributed by atoms with Crippen LogP contribution in [0.5, 0.6) is 0 Å². The fraction of sp³-hybridized carbons (Fsp3) is 0.167. The van der Waals surface area contributed by atoms with Gasteiger partial charge in [-0.1, -0.05) is 11.8 Å². The Labute approximate surface area is 114 Å². The fourth-order valence-corrected chi connectivity index (χ4v) is 2.40. The molecule has 1 heterocycles. The van der Waals surface area contributed by atoms with E-state index < -0.39 is 4.92 Å². The topological polar surface area (TPSA) is 94.9 Å². The first-order valence-electron chi connectivity index (χ1n) is 5.50. The van der Waals surface area contributed by atoms with Gasteiger partial charge in [-0.05, 0) is 26.0 Å². The van der Waals surface area contributed by atoms with Gasteiger partial charge in [0.1, 0.15) is 16.7 Å². The maximum atomic E-state index is 10.6. The molecule has 0 aliphatic heterocycles. The van der Waals surface area contributed by atoms with Crippen LogP contribution < -0.4 is 5.73 Å². The minimum Gasteiger partial charge on any atom is -0.383 e. The number of non-ortho nitro benzene ring substituents is 1. The SMILES string of the molecule is Cc1nc(N)c(C)c(Sc2ccc([N+](=O)[O-])cc2)n1. The largest absolute Gasteiger partial charge is 0.383 e. The second-order valence-corrected chi connectivity index (χ2v) is 5.00. The van der Waals surface area contributed by atoms with Crippen molar-refractivity contribution in [3.63, 3.8) is 0 Å².